The highest BCUT2D eigenvalue weighted by Crippen LogP contribution is 2.34. The number of carbonyl (C=O) groups is 1. The molecule has 3 rings (SSSR count). The molecule has 0 aromatic heterocycles. The van der Waals surface area contributed by atoms with Gasteiger partial charge in [0.15, 0.2) is 5.78 Å². The van der Waals surface area contributed by atoms with Gasteiger partial charge in [-0.3, -0.25) is 4.79 Å². The van der Waals surface area contributed by atoms with Gasteiger partial charge in [-0.1, -0.05) is 67.7 Å². The van der Waals surface area contributed by atoms with Crippen molar-refractivity contribution < 1.29 is 18.3 Å². The first-order chi connectivity index (χ1) is 13.5. The van der Waals surface area contributed by atoms with Crippen molar-refractivity contribution in [2.24, 2.45) is 0 Å². The van der Waals surface area contributed by atoms with Crippen molar-refractivity contribution in [3.05, 3.63) is 71.8 Å². The molecule has 0 spiro atoms. The maximum Gasteiger partial charge on any atom is 0.246 e. The lowest BCUT2D eigenvalue weighted by atomic mass is 9.94. The average Bonchev–Trinajstić information content (AvgIpc) is 2.64. The fraction of sp³-hybridized carbons (Fsp3) is 0.318. The Morgan fingerprint density at radius 3 is 2.14 bits per heavy atom. The maximum absolute atomic E-state index is 13.4. The van der Waals surface area contributed by atoms with E-state index in [0.29, 0.717) is 17.2 Å². The minimum Gasteiger partial charge on any atom is -0.374 e. The standard InChI is InChI=1S/C22H27NO4SSi/c1-16-10-12-18(13-11-16)28(26,27)23-20(15-29(2,3)4)22(25)19(14-21(23)24)17-8-6-5-7-9-17/h5-14,20-21,24H,15H2,1-4H3/t20-,21-/m1/s1. The number of aryl methyl sites for hydroxylation is 1. The van der Waals surface area contributed by atoms with Crippen LogP contribution in [-0.2, 0) is 14.8 Å². The van der Waals surface area contributed by atoms with Crippen LogP contribution in [0.4, 0.5) is 0 Å². The smallest absolute Gasteiger partial charge is 0.246 e. The Labute approximate surface area is 173 Å². The Hall–Kier alpha value is -2.06. The molecule has 1 N–H and O–H groups in total. The number of aliphatic hydroxyl groups is 1. The number of rotatable bonds is 5. The molecule has 29 heavy (non-hydrogen) atoms. The highest BCUT2D eigenvalue weighted by Gasteiger charge is 2.45. The molecule has 1 aliphatic rings. The molecule has 0 unspecified atom stereocenters. The van der Waals surface area contributed by atoms with Gasteiger partial charge in [0.1, 0.15) is 6.23 Å². The van der Waals surface area contributed by atoms with Crippen LogP contribution in [0.2, 0.25) is 25.7 Å². The summed E-state index contributed by atoms with van der Waals surface area (Å²) in [5, 5.41) is 10.9. The van der Waals surface area contributed by atoms with Crippen molar-refractivity contribution in [3.63, 3.8) is 0 Å². The van der Waals surface area contributed by atoms with E-state index in [9.17, 15) is 18.3 Å². The maximum atomic E-state index is 13.4. The summed E-state index contributed by atoms with van der Waals surface area (Å²) in [6, 6.07) is 15.0. The van der Waals surface area contributed by atoms with Gasteiger partial charge in [-0.15, -0.1) is 0 Å². The molecular formula is C22H27NO4SSi. The zero-order chi connectivity index (χ0) is 21.4. The minimum absolute atomic E-state index is 0.0760. The second-order valence-corrected chi connectivity index (χ2v) is 16.0. The van der Waals surface area contributed by atoms with Crippen LogP contribution in [0.15, 0.2) is 65.6 Å². The number of benzene rings is 2. The molecule has 2 aromatic rings. The van der Waals surface area contributed by atoms with Crippen LogP contribution in [0, 0.1) is 6.92 Å². The van der Waals surface area contributed by atoms with E-state index >= 15 is 0 Å². The van der Waals surface area contributed by atoms with E-state index in [2.05, 4.69) is 19.6 Å². The molecule has 1 aliphatic heterocycles. The molecule has 2 atom stereocenters. The van der Waals surface area contributed by atoms with Gasteiger partial charge in [-0.25, -0.2) is 8.42 Å². The summed E-state index contributed by atoms with van der Waals surface area (Å²) in [6.07, 6.45) is -0.0556. The molecular weight excluding hydrogens is 402 g/mol. The van der Waals surface area contributed by atoms with Crippen LogP contribution in [0.25, 0.3) is 5.57 Å². The van der Waals surface area contributed by atoms with E-state index in [0.717, 1.165) is 9.87 Å². The summed E-state index contributed by atoms with van der Waals surface area (Å²) in [4.78, 5) is 13.5. The van der Waals surface area contributed by atoms with E-state index in [-0.39, 0.29) is 10.7 Å². The first-order valence-electron chi connectivity index (χ1n) is 9.60. The molecule has 0 bridgehead atoms. The number of hydrogen-bond donors (Lipinski definition) is 1. The second-order valence-electron chi connectivity index (χ2n) is 8.65. The largest absolute Gasteiger partial charge is 0.374 e. The van der Waals surface area contributed by atoms with Crippen LogP contribution < -0.4 is 0 Å². The van der Waals surface area contributed by atoms with Crippen LogP contribution in [0.5, 0.6) is 0 Å². The fourth-order valence-electron chi connectivity index (χ4n) is 3.54. The minimum atomic E-state index is -4.05. The van der Waals surface area contributed by atoms with Gasteiger partial charge in [0.05, 0.1) is 10.9 Å². The zero-order valence-corrected chi connectivity index (χ0v) is 19.0. The number of carbonyl (C=O) groups excluding carboxylic acids is 1. The van der Waals surface area contributed by atoms with Crippen molar-refractivity contribution in [2.75, 3.05) is 0 Å². The van der Waals surface area contributed by atoms with Gasteiger partial charge < -0.3 is 5.11 Å². The Balaban J connectivity index is 2.12. The molecule has 0 fully saturated rings. The molecule has 1 heterocycles. The lowest BCUT2D eigenvalue weighted by Gasteiger charge is -2.38. The summed E-state index contributed by atoms with van der Waals surface area (Å²) >= 11 is 0. The van der Waals surface area contributed by atoms with Crippen molar-refractivity contribution >= 4 is 29.5 Å². The molecule has 2 aromatic carbocycles. The van der Waals surface area contributed by atoms with Crippen molar-refractivity contribution in [2.45, 2.75) is 49.8 Å². The SMILES string of the molecule is Cc1ccc(S(=O)(=O)N2[C@H](O)C=C(c3ccccc3)C(=O)[C@H]2C[Si](C)(C)C)cc1. The fourth-order valence-corrected chi connectivity index (χ4v) is 6.79. The van der Waals surface area contributed by atoms with Crippen LogP contribution >= 0.6 is 0 Å². The topological polar surface area (TPSA) is 74.7 Å². The molecule has 0 aliphatic carbocycles. The molecule has 0 saturated heterocycles. The number of ketones is 1. The molecule has 7 heteroatoms. The third-order valence-corrected chi connectivity index (χ3v) is 8.44. The Bertz CT molecular complexity index is 1020. The highest BCUT2D eigenvalue weighted by atomic mass is 32.2. The molecule has 154 valence electrons. The zero-order valence-electron chi connectivity index (χ0n) is 17.2. The summed E-state index contributed by atoms with van der Waals surface area (Å²) in [7, 11) is -5.89. The first-order valence-corrected chi connectivity index (χ1v) is 14.8. The van der Waals surface area contributed by atoms with Gasteiger partial charge in [-0.05, 0) is 36.7 Å². The van der Waals surface area contributed by atoms with Gasteiger partial charge in [0.25, 0.3) is 0 Å². The number of nitrogens with zero attached hydrogens (tertiary/aromatic N) is 1. The van der Waals surface area contributed by atoms with E-state index in [1.54, 1.807) is 24.3 Å². The number of aliphatic hydroxyl groups excluding tert-OH is 1. The van der Waals surface area contributed by atoms with Crippen LogP contribution in [0.3, 0.4) is 0 Å². The van der Waals surface area contributed by atoms with Gasteiger partial charge in [0, 0.05) is 13.6 Å². The van der Waals surface area contributed by atoms with Gasteiger partial charge in [0.2, 0.25) is 10.0 Å². The number of sulfonamides is 1. The Morgan fingerprint density at radius 2 is 1.59 bits per heavy atom. The van der Waals surface area contributed by atoms with E-state index in [1.165, 1.54) is 18.2 Å². The number of hydrogen-bond acceptors (Lipinski definition) is 4. The lowest BCUT2D eigenvalue weighted by molar-refractivity contribution is -0.119. The van der Waals surface area contributed by atoms with Gasteiger partial charge in [-0.2, -0.15) is 4.31 Å². The molecule has 5 nitrogen and oxygen atoms in total. The Kier molecular flexibility index (Phi) is 5.96. The summed E-state index contributed by atoms with van der Waals surface area (Å²) < 4.78 is 27.8. The first kappa shape index (κ1) is 21.6. The van der Waals surface area contributed by atoms with Crippen LogP contribution in [-0.4, -0.2) is 44.0 Å². The third-order valence-electron chi connectivity index (χ3n) is 4.94. The average molecular weight is 430 g/mol. The summed E-state index contributed by atoms with van der Waals surface area (Å²) in [6.45, 7) is 8.14. The summed E-state index contributed by atoms with van der Waals surface area (Å²) in [5.74, 6) is -0.264. The quantitative estimate of drug-likeness (QED) is 0.736. The van der Waals surface area contributed by atoms with Gasteiger partial charge >= 0.3 is 0 Å². The summed E-state index contributed by atoms with van der Waals surface area (Å²) in [5.41, 5.74) is 1.99. The van der Waals surface area contributed by atoms with E-state index in [1.807, 2.05) is 25.1 Å². The highest BCUT2D eigenvalue weighted by molar-refractivity contribution is 7.89. The second kappa shape index (κ2) is 7.99. The lowest BCUT2D eigenvalue weighted by Crippen LogP contribution is -2.55. The monoisotopic (exact) mass is 429 g/mol. The van der Waals surface area contributed by atoms with E-state index < -0.39 is 30.4 Å². The predicted octanol–water partition coefficient (Wildman–Crippen LogP) is 3.68. The number of Topliss-reactive ketones (excluding diaryl/α,β-unsaturated/α-hetero) is 1. The molecule has 0 amide bonds. The van der Waals surface area contributed by atoms with Crippen molar-refractivity contribution in [3.8, 4) is 0 Å². The van der Waals surface area contributed by atoms with Crippen molar-refractivity contribution in [1.82, 2.24) is 4.31 Å². The molecule has 0 saturated carbocycles. The Morgan fingerprint density at radius 1 is 1.00 bits per heavy atom. The normalized spacial score (nSPS) is 21.1. The molecule has 0 radical (unpaired) electrons. The van der Waals surface area contributed by atoms with Crippen molar-refractivity contribution in [1.29, 1.82) is 0 Å². The predicted molar refractivity (Wildman–Crippen MR) is 118 cm³/mol. The third kappa shape index (κ3) is 4.58. The van der Waals surface area contributed by atoms with E-state index in [4.69, 9.17) is 0 Å². The van der Waals surface area contributed by atoms with Crippen LogP contribution in [0.1, 0.15) is 11.1 Å².